The standard InChI is InChI=1S/C21H24N4O2/c1-13(2)21(27,19-10-22-12-23-19)15-6-8-16-14(9-15)5-7-17-18(16)11-25(20(17)26)24(3)4/h5-13,26-27H,1-4H3,(H,22,23). The van der Waals surface area contributed by atoms with Gasteiger partial charge in [-0.25, -0.2) is 9.66 Å². The molecule has 2 heterocycles. The van der Waals surface area contributed by atoms with Crippen LogP contribution in [0.3, 0.4) is 0 Å². The van der Waals surface area contributed by atoms with Crippen molar-refractivity contribution in [1.29, 1.82) is 0 Å². The molecule has 0 aliphatic carbocycles. The van der Waals surface area contributed by atoms with Crippen LogP contribution in [-0.2, 0) is 5.60 Å². The largest absolute Gasteiger partial charge is 0.493 e. The van der Waals surface area contributed by atoms with E-state index in [1.165, 1.54) is 0 Å². The van der Waals surface area contributed by atoms with Gasteiger partial charge in [0.15, 0.2) is 0 Å². The van der Waals surface area contributed by atoms with Gasteiger partial charge in [0, 0.05) is 31.1 Å². The third kappa shape index (κ3) is 2.48. The first-order chi connectivity index (χ1) is 12.8. The van der Waals surface area contributed by atoms with Gasteiger partial charge >= 0.3 is 0 Å². The Kier molecular flexibility index (Phi) is 3.89. The molecule has 0 aliphatic heterocycles. The van der Waals surface area contributed by atoms with Gasteiger partial charge in [0.2, 0.25) is 5.88 Å². The normalized spacial score (nSPS) is 14.1. The summed E-state index contributed by atoms with van der Waals surface area (Å²) in [6.07, 6.45) is 5.18. The molecule has 0 saturated carbocycles. The molecule has 6 nitrogen and oxygen atoms in total. The van der Waals surface area contributed by atoms with Gasteiger partial charge in [0.25, 0.3) is 0 Å². The molecule has 2 aromatic heterocycles. The summed E-state index contributed by atoms with van der Waals surface area (Å²) in [5, 5.41) is 27.6. The van der Waals surface area contributed by atoms with E-state index in [1.807, 2.05) is 69.5 Å². The first kappa shape index (κ1) is 17.4. The Balaban J connectivity index is 1.94. The van der Waals surface area contributed by atoms with Crippen LogP contribution in [0.1, 0.15) is 25.1 Å². The van der Waals surface area contributed by atoms with E-state index in [0.717, 1.165) is 27.1 Å². The van der Waals surface area contributed by atoms with Crippen molar-refractivity contribution in [2.75, 3.05) is 19.1 Å². The molecular weight excluding hydrogens is 340 g/mol. The first-order valence-electron chi connectivity index (χ1n) is 9.00. The highest BCUT2D eigenvalue weighted by Gasteiger charge is 2.36. The smallest absolute Gasteiger partial charge is 0.218 e. The van der Waals surface area contributed by atoms with Crippen LogP contribution < -0.4 is 5.01 Å². The van der Waals surface area contributed by atoms with E-state index >= 15 is 0 Å². The number of H-pyrrole nitrogens is 1. The topological polar surface area (TPSA) is 77.3 Å². The number of rotatable bonds is 4. The molecule has 0 bridgehead atoms. The minimum absolute atomic E-state index is 0.0435. The molecule has 27 heavy (non-hydrogen) atoms. The molecule has 1 atom stereocenters. The predicted molar refractivity (Wildman–Crippen MR) is 108 cm³/mol. The van der Waals surface area contributed by atoms with Gasteiger partial charge in [0.05, 0.1) is 18.2 Å². The number of fused-ring (bicyclic) bond motifs is 3. The number of benzene rings is 2. The fourth-order valence-corrected chi connectivity index (χ4v) is 3.80. The molecule has 0 radical (unpaired) electrons. The third-order valence-corrected chi connectivity index (χ3v) is 5.39. The Bertz CT molecular complexity index is 1110. The van der Waals surface area contributed by atoms with Gasteiger partial charge in [-0.1, -0.05) is 32.0 Å². The second-order valence-corrected chi connectivity index (χ2v) is 7.49. The maximum Gasteiger partial charge on any atom is 0.218 e. The quantitative estimate of drug-likeness (QED) is 0.519. The zero-order valence-corrected chi connectivity index (χ0v) is 15.9. The van der Waals surface area contributed by atoms with Crippen LogP contribution in [0.2, 0.25) is 0 Å². The van der Waals surface area contributed by atoms with Crippen LogP contribution in [0.4, 0.5) is 0 Å². The van der Waals surface area contributed by atoms with E-state index in [-0.39, 0.29) is 11.8 Å². The molecule has 0 fully saturated rings. The minimum atomic E-state index is -1.16. The summed E-state index contributed by atoms with van der Waals surface area (Å²) >= 11 is 0. The third-order valence-electron chi connectivity index (χ3n) is 5.39. The zero-order chi connectivity index (χ0) is 19.3. The van der Waals surface area contributed by atoms with Gasteiger partial charge in [-0.2, -0.15) is 0 Å². The van der Waals surface area contributed by atoms with Crippen LogP contribution in [0, 0.1) is 5.92 Å². The van der Waals surface area contributed by atoms with Crippen molar-refractivity contribution in [3.63, 3.8) is 0 Å². The molecule has 2 aromatic carbocycles. The summed E-state index contributed by atoms with van der Waals surface area (Å²) in [4.78, 5) is 7.13. The summed E-state index contributed by atoms with van der Waals surface area (Å²) < 4.78 is 1.72. The van der Waals surface area contributed by atoms with Crippen molar-refractivity contribution in [1.82, 2.24) is 14.6 Å². The molecule has 0 aliphatic rings. The lowest BCUT2D eigenvalue weighted by molar-refractivity contribution is 0.0281. The second kappa shape index (κ2) is 6.03. The van der Waals surface area contributed by atoms with Gasteiger partial charge in [-0.3, -0.25) is 0 Å². The Morgan fingerprint density at radius 3 is 2.48 bits per heavy atom. The summed E-state index contributed by atoms with van der Waals surface area (Å²) in [5.74, 6) is 0.176. The Labute approximate surface area is 157 Å². The van der Waals surface area contributed by atoms with E-state index < -0.39 is 5.60 Å². The second-order valence-electron chi connectivity index (χ2n) is 7.49. The van der Waals surface area contributed by atoms with Crippen LogP contribution in [0.5, 0.6) is 5.88 Å². The maximum absolute atomic E-state index is 11.5. The van der Waals surface area contributed by atoms with Crippen LogP contribution >= 0.6 is 0 Å². The van der Waals surface area contributed by atoms with Gasteiger partial charge < -0.3 is 20.2 Å². The summed E-state index contributed by atoms with van der Waals surface area (Å²) in [5.41, 5.74) is 0.330. The van der Waals surface area contributed by atoms with E-state index in [1.54, 1.807) is 17.2 Å². The molecule has 0 spiro atoms. The molecule has 4 aromatic rings. The van der Waals surface area contributed by atoms with Gasteiger partial charge in [-0.05, 0) is 34.4 Å². The Hall–Kier alpha value is -2.99. The highest BCUT2D eigenvalue weighted by Crippen LogP contribution is 2.39. The molecule has 0 saturated heterocycles. The Morgan fingerprint density at radius 1 is 1.11 bits per heavy atom. The summed E-state index contributed by atoms with van der Waals surface area (Å²) in [7, 11) is 3.76. The van der Waals surface area contributed by atoms with Crippen molar-refractivity contribution in [3.8, 4) is 5.88 Å². The molecule has 6 heteroatoms. The zero-order valence-electron chi connectivity index (χ0n) is 15.9. The number of aromatic hydroxyl groups is 1. The number of aromatic nitrogens is 3. The van der Waals surface area contributed by atoms with E-state index in [0.29, 0.717) is 5.69 Å². The molecule has 3 N–H and O–H groups in total. The number of aliphatic hydroxyl groups is 1. The molecule has 1 unspecified atom stereocenters. The lowest BCUT2D eigenvalue weighted by Gasteiger charge is -2.32. The number of hydrogen-bond acceptors (Lipinski definition) is 4. The van der Waals surface area contributed by atoms with Gasteiger partial charge in [-0.15, -0.1) is 0 Å². The van der Waals surface area contributed by atoms with Crippen molar-refractivity contribution in [3.05, 3.63) is 60.3 Å². The fraction of sp³-hybridized carbons (Fsp3) is 0.286. The summed E-state index contributed by atoms with van der Waals surface area (Å²) in [6.45, 7) is 3.98. The molecule has 140 valence electrons. The number of imidazole rings is 1. The number of hydrogen-bond donors (Lipinski definition) is 3. The van der Waals surface area contributed by atoms with Crippen LogP contribution in [-0.4, -0.2) is 39.0 Å². The van der Waals surface area contributed by atoms with Crippen LogP contribution in [0.25, 0.3) is 21.5 Å². The van der Waals surface area contributed by atoms with E-state index in [2.05, 4.69) is 9.97 Å². The first-order valence-corrected chi connectivity index (χ1v) is 9.00. The molecular formula is C21H24N4O2. The van der Waals surface area contributed by atoms with Gasteiger partial charge in [0.1, 0.15) is 5.60 Å². The van der Waals surface area contributed by atoms with E-state index in [9.17, 15) is 10.2 Å². The van der Waals surface area contributed by atoms with Crippen LogP contribution in [0.15, 0.2) is 49.1 Å². The number of nitrogens with zero attached hydrogens (tertiary/aromatic N) is 3. The van der Waals surface area contributed by atoms with E-state index in [4.69, 9.17) is 0 Å². The predicted octanol–water partition coefficient (Wildman–Crippen LogP) is 3.31. The lowest BCUT2D eigenvalue weighted by atomic mass is 9.80. The average Bonchev–Trinajstić information content (AvgIpc) is 3.29. The number of aromatic amines is 1. The number of nitrogens with one attached hydrogen (secondary N) is 1. The highest BCUT2D eigenvalue weighted by molar-refractivity contribution is 6.09. The highest BCUT2D eigenvalue weighted by atomic mass is 16.3. The van der Waals surface area contributed by atoms with Crippen molar-refractivity contribution in [2.24, 2.45) is 5.92 Å². The minimum Gasteiger partial charge on any atom is -0.493 e. The fourth-order valence-electron chi connectivity index (χ4n) is 3.80. The average molecular weight is 364 g/mol. The maximum atomic E-state index is 11.5. The van der Waals surface area contributed by atoms with Crippen molar-refractivity contribution in [2.45, 2.75) is 19.4 Å². The SMILES string of the molecule is CC(C)C(O)(c1ccc2c(ccc3c(O)n(N(C)C)cc32)c1)c1cnc[nH]1. The Morgan fingerprint density at radius 2 is 1.85 bits per heavy atom. The molecule has 0 amide bonds. The summed E-state index contributed by atoms with van der Waals surface area (Å²) in [6, 6.07) is 9.87. The van der Waals surface area contributed by atoms with Crippen molar-refractivity contribution < 1.29 is 10.2 Å². The van der Waals surface area contributed by atoms with Crippen molar-refractivity contribution >= 4 is 21.5 Å². The molecule has 4 rings (SSSR count). The monoisotopic (exact) mass is 364 g/mol. The lowest BCUT2D eigenvalue weighted by Crippen LogP contribution is -2.33.